The number of rotatable bonds is 39. The summed E-state index contributed by atoms with van der Waals surface area (Å²) in [4.78, 5) is 47.8. The fourth-order valence-electron chi connectivity index (χ4n) is 5.94. The van der Waals surface area contributed by atoms with Crippen LogP contribution in [-0.2, 0) is 33.4 Å². The molecule has 0 bridgehead atoms. The Morgan fingerprint density at radius 2 is 0.750 bits per heavy atom. The molecule has 0 aliphatic rings. The van der Waals surface area contributed by atoms with Crippen LogP contribution in [0.2, 0.25) is 0 Å². The topological polar surface area (TPSA) is 116 Å². The number of unbranched alkanes of at least 4 members (excludes halogenated alkanes) is 22. The first-order valence-electron chi connectivity index (χ1n) is 21.4. The molecule has 52 heavy (non-hydrogen) atoms. The van der Waals surface area contributed by atoms with Crippen molar-refractivity contribution in [1.29, 1.82) is 0 Å². The lowest BCUT2D eigenvalue weighted by molar-refractivity contribution is -0.167. The van der Waals surface area contributed by atoms with E-state index in [0.29, 0.717) is 12.8 Å². The fourth-order valence-corrected chi connectivity index (χ4v) is 5.94. The Labute approximate surface area is 318 Å². The molecule has 302 valence electrons. The maximum Gasteiger partial charge on any atom is 0.306 e. The minimum absolute atomic E-state index is 0.0445. The number of hydrogen-bond donors (Lipinski definition) is 1. The van der Waals surface area contributed by atoms with Gasteiger partial charge < -0.3 is 19.3 Å². The number of aliphatic carboxylic acids is 1. The molecular formula is C44H78O8. The zero-order valence-electron chi connectivity index (χ0n) is 33.5. The van der Waals surface area contributed by atoms with Gasteiger partial charge in [0.25, 0.3) is 0 Å². The van der Waals surface area contributed by atoms with Crippen LogP contribution in [-0.4, -0.2) is 48.3 Å². The lowest BCUT2D eigenvalue weighted by Crippen LogP contribution is -2.30. The van der Waals surface area contributed by atoms with Crippen molar-refractivity contribution < 1.29 is 38.5 Å². The molecule has 0 aromatic rings. The Kier molecular flexibility index (Phi) is 37.6. The Hall–Kier alpha value is -2.64. The highest BCUT2D eigenvalue weighted by Gasteiger charge is 2.19. The number of esters is 3. The fraction of sp³-hybridized carbons (Fsp3) is 0.818. The van der Waals surface area contributed by atoms with Crippen LogP contribution in [0.3, 0.4) is 0 Å². The average molecular weight is 735 g/mol. The number of carboxylic acid groups (broad SMARTS) is 1. The molecule has 0 aromatic carbocycles. The lowest BCUT2D eigenvalue weighted by atomic mass is 10.1. The maximum absolute atomic E-state index is 12.6. The van der Waals surface area contributed by atoms with Gasteiger partial charge in [-0.05, 0) is 70.6 Å². The maximum atomic E-state index is 12.6. The van der Waals surface area contributed by atoms with Crippen LogP contribution in [0.4, 0.5) is 0 Å². The largest absolute Gasteiger partial charge is 0.481 e. The molecule has 0 aliphatic heterocycles. The van der Waals surface area contributed by atoms with Gasteiger partial charge in [-0.2, -0.15) is 0 Å². The van der Waals surface area contributed by atoms with Crippen molar-refractivity contribution in [2.75, 3.05) is 13.2 Å². The quantitative estimate of drug-likeness (QED) is 0.0287. The molecule has 0 aromatic heterocycles. The van der Waals surface area contributed by atoms with E-state index in [1.807, 2.05) is 0 Å². The van der Waals surface area contributed by atoms with Crippen molar-refractivity contribution in [1.82, 2.24) is 0 Å². The van der Waals surface area contributed by atoms with Crippen LogP contribution in [0.15, 0.2) is 24.3 Å². The lowest BCUT2D eigenvalue weighted by Gasteiger charge is -2.18. The first-order valence-corrected chi connectivity index (χ1v) is 21.4. The summed E-state index contributed by atoms with van der Waals surface area (Å²) in [6.07, 6.45) is 39.5. The third kappa shape index (κ3) is 38.6. The van der Waals surface area contributed by atoms with Gasteiger partial charge in [0.1, 0.15) is 13.2 Å². The number of allylic oxidation sites excluding steroid dienone is 4. The molecule has 1 atom stereocenters. The molecule has 0 saturated carbocycles. The second-order valence-electron chi connectivity index (χ2n) is 14.4. The first kappa shape index (κ1) is 49.4. The average Bonchev–Trinajstić information content (AvgIpc) is 3.12. The molecule has 0 amide bonds. The van der Waals surface area contributed by atoms with E-state index in [-0.39, 0.29) is 44.9 Å². The number of carbonyl (C=O) groups is 4. The van der Waals surface area contributed by atoms with Gasteiger partial charge in [-0.3, -0.25) is 19.2 Å². The minimum Gasteiger partial charge on any atom is -0.481 e. The van der Waals surface area contributed by atoms with E-state index in [4.69, 9.17) is 19.3 Å². The van der Waals surface area contributed by atoms with Gasteiger partial charge in [-0.1, -0.05) is 141 Å². The normalized spacial score (nSPS) is 12.0. The molecule has 0 radical (unpaired) electrons. The standard InChI is InChI=1S/C44H78O8/c1-3-5-7-9-11-13-15-17-19-20-22-24-26-28-30-32-36-44(49)52-40(39-51-43(48)37-33-34-41(45)46)38-50-42(47)35-31-29-27-25-23-21-18-16-14-12-10-8-6-4-2/h17-19,21,40H,3-16,20,22-39H2,1-2H3,(H,45,46)/b19-17+,21-18+. The summed E-state index contributed by atoms with van der Waals surface area (Å²) in [5.41, 5.74) is 0. The summed E-state index contributed by atoms with van der Waals surface area (Å²) in [5.74, 6) is -2.31. The Bertz CT molecular complexity index is 912. The van der Waals surface area contributed by atoms with E-state index in [0.717, 1.165) is 64.2 Å². The van der Waals surface area contributed by atoms with E-state index >= 15 is 0 Å². The van der Waals surface area contributed by atoms with Crippen molar-refractivity contribution in [3.05, 3.63) is 24.3 Å². The molecule has 0 spiro atoms. The van der Waals surface area contributed by atoms with Crippen molar-refractivity contribution in [3.8, 4) is 0 Å². The van der Waals surface area contributed by atoms with Gasteiger partial charge in [-0.25, -0.2) is 0 Å². The highest BCUT2D eigenvalue weighted by molar-refractivity contribution is 5.72. The molecule has 0 saturated heterocycles. The number of carbonyl (C=O) groups excluding carboxylic acids is 3. The molecule has 1 unspecified atom stereocenters. The number of ether oxygens (including phenoxy) is 3. The monoisotopic (exact) mass is 735 g/mol. The summed E-state index contributed by atoms with van der Waals surface area (Å²) in [6, 6.07) is 0. The summed E-state index contributed by atoms with van der Waals surface area (Å²) in [7, 11) is 0. The molecule has 1 N–H and O–H groups in total. The van der Waals surface area contributed by atoms with Crippen LogP contribution in [0.25, 0.3) is 0 Å². The zero-order chi connectivity index (χ0) is 38.2. The smallest absolute Gasteiger partial charge is 0.306 e. The molecule has 0 aliphatic carbocycles. The van der Waals surface area contributed by atoms with Gasteiger partial charge in [-0.15, -0.1) is 0 Å². The van der Waals surface area contributed by atoms with Crippen LogP contribution >= 0.6 is 0 Å². The Morgan fingerprint density at radius 1 is 0.423 bits per heavy atom. The summed E-state index contributed by atoms with van der Waals surface area (Å²) in [5, 5.41) is 8.79. The third-order valence-corrected chi connectivity index (χ3v) is 9.22. The van der Waals surface area contributed by atoms with E-state index in [2.05, 4.69) is 38.2 Å². The molecule has 0 rings (SSSR count). The zero-order valence-corrected chi connectivity index (χ0v) is 33.5. The Balaban J connectivity index is 4.21. The van der Waals surface area contributed by atoms with Gasteiger partial charge >= 0.3 is 23.9 Å². The van der Waals surface area contributed by atoms with E-state index in [1.54, 1.807) is 0 Å². The van der Waals surface area contributed by atoms with Crippen LogP contribution in [0.1, 0.15) is 213 Å². The van der Waals surface area contributed by atoms with Crippen molar-refractivity contribution in [3.63, 3.8) is 0 Å². The van der Waals surface area contributed by atoms with Gasteiger partial charge in [0.2, 0.25) is 0 Å². The van der Waals surface area contributed by atoms with Gasteiger partial charge in [0.15, 0.2) is 6.10 Å². The summed E-state index contributed by atoms with van der Waals surface area (Å²) < 4.78 is 16.2. The highest BCUT2D eigenvalue weighted by Crippen LogP contribution is 2.13. The van der Waals surface area contributed by atoms with E-state index in [1.165, 1.54) is 96.3 Å². The highest BCUT2D eigenvalue weighted by atomic mass is 16.6. The summed E-state index contributed by atoms with van der Waals surface area (Å²) in [6.45, 7) is 4.09. The van der Waals surface area contributed by atoms with E-state index < -0.39 is 24.0 Å². The van der Waals surface area contributed by atoms with Crippen LogP contribution < -0.4 is 0 Å². The SMILES string of the molecule is CCCCCCCC/C=C/CCCCCCCCC(=O)OC(COC(=O)CCCCCC/C=C/CCCCCCCC)COC(=O)CCCC(=O)O. The summed E-state index contributed by atoms with van der Waals surface area (Å²) >= 11 is 0. The molecule has 8 heteroatoms. The number of carboxylic acids is 1. The Morgan fingerprint density at radius 3 is 1.13 bits per heavy atom. The van der Waals surface area contributed by atoms with Gasteiger partial charge in [0, 0.05) is 25.7 Å². The minimum atomic E-state index is -0.978. The second-order valence-corrected chi connectivity index (χ2v) is 14.4. The molecule has 0 fully saturated rings. The van der Waals surface area contributed by atoms with Crippen molar-refractivity contribution in [2.45, 2.75) is 219 Å². The van der Waals surface area contributed by atoms with Crippen molar-refractivity contribution >= 4 is 23.9 Å². The van der Waals surface area contributed by atoms with Crippen molar-refractivity contribution in [2.24, 2.45) is 0 Å². The third-order valence-electron chi connectivity index (χ3n) is 9.22. The first-order chi connectivity index (χ1) is 25.4. The van der Waals surface area contributed by atoms with Gasteiger partial charge in [0.05, 0.1) is 0 Å². The molecule has 0 heterocycles. The molecular weight excluding hydrogens is 656 g/mol. The van der Waals surface area contributed by atoms with E-state index in [9.17, 15) is 19.2 Å². The molecule has 8 nitrogen and oxygen atoms in total. The van der Waals surface area contributed by atoms with Crippen LogP contribution in [0, 0.1) is 0 Å². The predicted octanol–water partition coefficient (Wildman–Crippen LogP) is 12.3. The number of hydrogen-bond acceptors (Lipinski definition) is 7. The second kappa shape index (κ2) is 39.6. The predicted molar refractivity (Wildman–Crippen MR) is 212 cm³/mol. The van der Waals surface area contributed by atoms with Crippen LogP contribution in [0.5, 0.6) is 0 Å².